The van der Waals surface area contributed by atoms with Crippen molar-refractivity contribution in [1.29, 1.82) is 0 Å². The molecule has 8 aromatic rings. The van der Waals surface area contributed by atoms with Crippen molar-refractivity contribution < 1.29 is 33.7 Å². The fraction of sp³-hybridized carbons (Fsp3) is 0.250. The molecule has 7 heterocycles. The van der Waals surface area contributed by atoms with E-state index in [9.17, 15) is 33.7 Å². The molecule has 24 nitrogen and oxygen atoms in total. The van der Waals surface area contributed by atoms with Gasteiger partial charge in [-0.15, -0.1) is 0 Å². The van der Waals surface area contributed by atoms with E-state index in [-0.39, 0.29) is 20.1 Å². The number of rotatable bonds is 8. The lowest BCUT2D eigenvalue weighted by atomic mass is 10.3. The highest BCUT2D eigenvalue weighted by Crippen LogP contribution is 2.19. The summed E-state index contributed by atoms with van der Waals surface area (Å²) >= 11 is 0. The highest BCUT2D eigenvalue weighted by Gasteiger charge is 2.18. The van der Waals surface area contributed by atoms with Gasteiger partial charge >= 0.3 is 0 Å². The van der Waals surface area contributed by atoms with Gasteiger partial charge in [-0.1, -0.05) is 0 Å². The summed E-state index contributed by atoms with van der Waals surface area (Å²) in [6.45, 7) is 0. The van der Waals surface area contributed by atoms with Gasteiger partial charge in [-0.25, -0.2) is 67.5 Å². The molecule has 28 heteroatoms. The molecule has 0 bridgehead atoms. The van der Waals surface area contributed by atoms with Crippen molar-refractivity contribution >= 4 is 84.0 Å². The number of benzene rings is 1. The third-order valence-electron chi connectivity index (χ3n) is 8.51. The zero-order valence-electron chi connectivity index (χ0n) is 33.2. The van der Waals surface area contributed by atoms with Crippen molar-refractivity contribution in [1.82, 2.24) is 77.9 Å². The maximum absolute atomic E-state index is 11.5. The summed E-state index contributed by atoms with van der Waals surface area (Å²) in [6, 6.07) is 9.54. The number of aryl methyl sites for hydroxylation is 4. The van der Waals surface area contributed by atoms with Crippen LogP contribution in [-0.4, -0.2) is 121 Å². The van der Waals surface area contributed by atoms with Gasteiger partial charge in [-0.3, -0.25) is 18.7 Å². The van der Waals surface area contributed by atoms with Crippen molar-refractivity contribution in [2.45, 2.75) is 20.1 Å². The SMILES string of the molecule is CNS(=O)(=O)c1cc2c(cn1)cnn2C.CNS(=O)(=O)c1ccc2cnn(C)c2c1.CNS(=O)(=O)c1ccc2cnn(C)c2n1.CNS(=O)(=O)c1ncc2cnn(C)c2n1. The Morgan fingerprint density at radius 1 is 0.433 bits per heavy atom. The van der Waals surface area contributed by atoms with Gasteiger partial charge in [0, 0.05) is 62.8 Å². The number of nitrogens with one attached hydrogen (secondary N) is 4. The van der Waals surface area contributed by atoms with E-state index in [0.717, 1.165) is 27.2 Å². The quantitative estimate of drug-likeness (QED) is 0.140. The van der Waals surface area contributed by atoms with Crippen LogP contribution in [-0.2, 0) is 68.3 Å². The molecule has 0 aliphatic heterocycles. The van der Waals surface area contributed by atoms with Crippen LogP contribution in [0.4, 0.5) is 0 Å². The van der Waals surface area contributed by atoms with Gasteiger partial charge < -0.3 is 0 Å². The first-order valence-corrected chi connectivity index (χ1v) is 23.0. The molecule has 4 N–H and O–H groups in total. The van der Waals surface area contributed by atoms with E-state index in [1.807, 2.05) is 0 Å². The molecule has 320 valence electrons. The number of pyridine rings is 2. The standard InChI is InChI=1S/C9H11N3O2S.2C8H10N4O2S.C7H9N5O2S/c1-10-15(13,14)8-4-3-7-6-11-12(2)9(7)5-8;1-9-15(13,14)8-3-7-6(4-10-8)5-11-12(7)2;1-9-15(13,14)7-4-3-6-5-10-12(2)8(6)11-7;1-8-15(13,14)7-9-3-5-4-10-12(2)6(5)11-7/h3-6,10H,1-2H3;2*3-5,9H,1-2H3;3-4,8H,1-2H3. The molecule has 0 atom stereocenters. The molecular weight excluding hydrogens is 865 g/mol. The number of hydrogen-bond donors (Lipinski definition) is 4. The molecule has 60 heavy (non-hydrogen) atoms. The first-order chi connectivity index (χ1) is 28.2. The monoisotopic (exact) mass is 904 g/mol. The third-order valence-corrected chi connectivity index (χ3v) is 13.8. The zero-order valence-corrected chi connectivity index (χ0v) is 36.5. The second kappa shape index (κ2) is 17.8. The summed E-state index contributed by atoms with van der Waals surface area (Å²) in [5.74, 6) is 0. The molecule has 0 fully saturated rings. The second-order valence-electron chi connectivity index (χ2n) is 12.2. The Morgan fingerprint density at radius 3 is 1.50 bits per heavy atom. The largest absolute Gasteiger partial charge is 0.276 e. The summed E-state index contributed by atoms with van der Waals surface area (Å²) in [6.07, 6.45) is 9.47. The van der Waals surface area contributed by atoms with E-state index in [1.54, 1.807) is 86.6 Å². The van der Waals surface area contributed by atoms with Gasteiger partial charge in [-0.2, -0.15) is 25.4 Å². The summed E-state index contributed by atoms with van der Waals surface area (Å²) < 4.78 is 107. The van der Waals surface area contributed by atoms with Crippen molar-refractivity contribution in [3.63, 3.8) is 0 Å². The van der Waals surface area contributed by atoms with E-state index < -0.39 is 40.1 Å². The highest BCUT2D eigenvalue weighted by molar-refractivity contribution is 7.90. The molecule has 0 saturated heterocycles. The summed E-state index contributed by atoms with van der Waals surface area (Å²) in [5.41, 5.74) is 2.57. The Kier molecular flexibility index (Phi) is 13.4. The Labute approximate surface area is 344 Å². The van der Waals surface area contributed by atoms with Crippen LogP contribution < -0.4 is 18.9 Å². The Balaban J connectivity index is 0.000000152. The van der Waals surface area contributed by atoms with E-state index in [2.05, 4.69) is 59.2 Å². The number of aromatic nitrogens is 12. The first-order valence-electron chi connectivity index (χ1n) is 17.0. The van der Waals surface area contributed by atoms with Crippen LogP contribution in [0.25, 0.3) is 43.9 Å². The molecule has 0 amide bonds. The fourth-order valence-corrected chi connectivity index (χ4v) is 7.75. The molecule has 0 unspecified atom stereocenters. The van der Waals surface area contributed by atoms with Crippen molar-refractivity contribution in [3.8, 4) is 0 Å². The maximum atomic E-state index is 11.5. The topological polar surface area (TPSA) is 308 Å². The van der Waals surface area contributed by atoms with Gasteiger partial charge in [-0.05, 0) is 58.5 Å². The Morgan fingerprint density at radius 2 is 0.900 bits per heavy atom. The average molecular weight is 905 g/mol. The van der Waals surface area contributed by atoms with Crippen LogP contribution in [0, 0.1) is 0 Å². The van der Waals surface area contributed by atoms with Crippen molar-refractivity contribution in [2.24, 2.45) is 28.2 Å². The fourth-order valence-electron chi connectivity index (χ4n) is 5.09. The predicted molar refractivity (Wildman–Crippen MR) is 219 cm³/mol. The lowest BCUT2D eigenvalue weighted by molar-refractivity contribution is 0.578. The first kappa shape index (κ1) is 45.2. The summed E-state index contributed by atoms with van der Waals surface area (Å²) in [5, 5.41) is 19.0. The molecule has 7 aromatic heterocycles. The van der Waals surface area contributed by atoms with E-state index >= 15 is 0 Å². The van der Waals surface area contributed by atoms with Gasteiger partial charge in [0.2, 0.25) is 10.0 Å². The predicted octanol–water partition coefficient (Wildman–Crippen LogP) is -0.494. The average Bonchev–Trinajstić information content (AvgIpc) is 4.03. The van der Waals surface area contributed by atoms with E-state index in [1.165, 1.54) is 62.1 Å². The molecule has 0 aliphatic carbocycles. The van der Waals surface area contributed by atoms with E-state index in [0.29, 0.717) is 16.7 Å². The van der Waals surface area contributed by atoms with E-state index in [4.69, 9.17) is 0 Å². The normalized spacial score (nSPS) is 12.1. The van der Waals surface area contributed by atoms with Crippen LogP contribution in [0.2, 0.25) is 0 Å². The van der Waals surface area contributed by atoms with Gasteiger partial charge in [0.15, 0.2) is 21.3 Å². The molecule has 8 rings (SSSR count). The molecule has 1 aromatic carbocycles. The van der Waals surface area contributed by atoms with Gasteiger partial charge in [0.25, 0.3) is 35.2 Å². The maximum Gasteiger partial charge on any atom is 0.276 e. The lowest BCUT2D eigenvalue weighted by Crippen LogP contribution is -2.21. The minimum absolute atomic E-state index is 0.00102. The van der Waals surface area contributed by atoms with Crippen molar-refractivity contribution in [2.75, 3.05) is 28.2 Å². The van der Waals surface area contributed by atoms with Crippen LogP contribution in [0.3, 0.4) is 0 Å². The number of fused-ring (bicyclic) bond motifs is 4. The van der Waals surface area contributed by atoms with Crippen LogP contribution >= 0.6 is 0 Å². The molecule has 0 radical (unpaired) electrons. The number of hydrogen-bond acceptors (Lipinski definition) is 16. The Hall–Kier alpha value is -5.88. The zero-order chi connectivity index (χ0) is 44.2. The lowest BCUT2D eigenvalue weighted by Gasteiger charge is -2.02. The molecule has 0 saturated carbocycles. The van der Waals surface area contributed by atoms with Crippen LogP contribution in [0.1, 0.15) is 0 Å². The van der Waals surface area contributed by atoms with Gasteiger partial charge in [0.05, 0.1) is 46.1 Å². The molecular formula is C32H40N16O8S4. The highest BCUT2D eigenvalue weighted by atomic mass is 32.2. The number of nitrogens with zero attached hydrogens (tertiary/aromatic N) is 12. The van der Waals surface area contributed by atoms with Crippen molar-refractivity contribution in [3.05, 3.63) is 73.6 Å². The van der Waals surface area contributed by atoms with Crippen LogP contribution in [0.5, 0.6) is 0 Å². The number of sulfonamides is 4. The minimum atomic E-state index is -3.60. The third kappa shape index (κ3) is 9.76. The minimum Gasteiger partial charge on any atom is -0.268 e. The Bertz CT molecular complexity index is 2850. The molecule has 0 aliphatic rings. The summed E-state index contributed by atoms with van der Waals surface area (Å²) in [7, 11) is -1.62. The molecule has 0 spiro atoms. The van der Waals surface area contributed by atoms with Crippen LogP contribution in [0.15, 0.2) is 93.7 Å². The smallest absolute Gasteiger partial charge is 0.268 e. The summed E-state index contributed by atoms with van der Waals surface area (Å²) in [4.78, 5) is 15.8. The van der Waals surface area contributed by atoms with Gasteiger partial charge in [0.1, 0.15) is 0 Å². The second-order valence-corrected chi connectivity index (χ2v) is 19.5.